The number of nitrogens with zero attached hydrogens (tertiary/aromatic N) is 4. The van der Waals surface area contributed by atoms with Crippen LogP contribution in [0.4, 0.5) is 11.5 Å². The van der Waals surface area contributed by atoms with Gasteiger partial charge in [0.1, 0.15) is 11.5 Å². The van der Waals surface area contributed by atoms with Crippen molar-refractivity contribution in [1.82, 2.24) is 9.78 Å². The monoisotopic (exact) mass is 311 g/mol. The molecule has 0 aliphatic carbocycles. The molecule has 0 spiro atoms. The van der Waals surface area contributed by atoms with Gasteiger partial charge in [-0.15, -0.1) is 0 Å². The first kappa shape index (κ1) is 14.5. The summed E-state index contributed by atoms with van der Waals surface area (Å²) in [4.78, 5) is 10.8. The first-order chi connectivity index (χ1) is 11.2. The van der Waals surface area contributed by atoms with Crippen molar-refractivity contribution >= 4 is 17.7 Å². The van der Waals surface area contributed by atoms with E-state index in [0.717, 1.165) is 0 Å². The zero-order valence-electron chi connectivity index (χ0n) is 12.2. The molecule has 0 saturated heterocycles. The molecule has 0 aliphatic heterocycles. The summed E-state index contributed by atoms with van der Waals surface area (Å²) in [6.45, 7) is 1.58. The second-order valence-corrected chi connectivity index (χ2v) is 4.67. The van der Waals surface area contributed by atoms with Crippen molar-refractivity contribution < 1.29 is 9.34 Å². The van der Waals surface area contributed by atoms with E-state index in [2.05, 4.69) is 15.6 Å². The summed E-state index contributed by atoms with van der Waals surface area (Å²) in [5.74, 6) is 0.712. The smallest absolute Gasteiger partial charge is 0.335 e. The number of anilines is 1. The number of nitro groups is 1. The van der Waals surface area contributed by atoms with Crippen molar-refractivity contribution in [2.24, 2.45) is 5.10 Å². The molecule has 8 heteroatoms. The number of para-hydroxylation sites is 1. The standard InChI is InChI=1S/C15H13N5O3/c1-11-14(20(21)22)15(17-16-10-13-8-5-9-23-13)19(18-11)12-6-3-2-4-7-12/h2-10,17H,1H3/b16-10-. The summed E-state index contributed by atoms with van der Waals surface area (Å²) in [6, 6.07) is 12.6. The number of furan rings is 1. The molecule has 1 N–H and O–H groups in total. The summed E-state index contributed by atoms with van der Waals surface area (Å²) < 4.78 is 6.57. The van der Waals surface area contributed by atoms with Crippen LogP contribution in [0, 0.1) is 17.0 Å². The molecule has 0 saturated carbocycles. The molecular weight excluding hydrogens is 298 g/mol. The average Bonchev–Trinajstić information content (AvgIpc) is 3.16. The molecule has 0 aliphatic rings. The summed E-state index contributed by atoms with van der Waals surface area (Å²) in [7, 11) is 0. The maximum atomic E-state index is 11.3. The minimum Gasteiger partial charge on any atom is -0.463 e. The van der Waals surface area contributed by atoms with E-state index in [1.165, 1.54) is 17.2 Å². The topological polar surface area (TPSA) is 98.5 Å². The van der Waals surface area contributed by atoms with Gasteiger partial charge in [0.25, 0.3) is 0 Å². The number of nitrogens with one attached hydrogen (secondary N) is 1. The minimum atomic E-state index is -0.480. The van der Waals surface area contributed by atoms with Crippen LogP contribution in [-0.2, 0) is 0 Å². The largest absolute Gasteiger partial charge is 0.463 e. The molecule has 23 heavy (non-hydrogen) atoms. The Morgan fingerprint density at radius 3 is 2.74 bits per heavy atom. The molecule has 0 atom stereocenters. The van der Waals surface area contributed by atoms with Gasteiger partial charge in [0, 0.05) is 0 Å². The highest BCUT2D eigenvalue weighted by Gasteiger charge is 2.25. The lowest BCUT2D eigenvalue weighted by molar-refractivity contribution is -0.384. The van der Waals surface area contributed by atoms with E-state index in [1.807, 2.05) is 18.2 Å². The Labute approximate surface area is 131 Å². The molecule has 1 aromatic carbocycles. The summed E-state index contributed by atoms with van der Waals surface area (Å²) in [5.41, 5.74) is 3.56. The normalized spacial score (nSPS) is 11.0. The predicted molar refractivity (Wildman–Crippen MR) is 84.9 cm³/mol. The number of hydrazone groups is 1. The fourth-order valence-electron chi connectivity index (χ4n) is 2.12. The molecule has 8 nitrogen and oxygen atoms in total. The van der Waals surface area contributed by atoms with Crippen molar-refractivity contribution in [3.8, 4) is 5.69 Å². The van der Waals surface area contributed by atoms with E-state index in [-0.39, 0.29) is 11.5 Å². The third kappa shape index (κ3) is 2.95. The first-order valence-corrected chi connectivity index (χ1v) is 6.79. The molecule has 3 aromatic rings. The van der Waals surface area contributed by atoms with E-state index in [9.17, 15) is 10.1 Å². The van der Waals surface area contributed by atoms with E-state index in [1.54, 1.807) is 31.2 Å². The molecule has 0 radical (unpaired) electrons. The van der Waals surface area contributed by atoms with Crippen LogP contribution in [0.2, 0.25) is 0 Å². The molecule has 0 unspecified atom stereocenters. The van der Waals surface area contributed by atoms with Crippen LogP contribution >= 0.6 is 0 Å². The van der Waals surface area contributed by atoms with Gasteiger partial charge in [0.15, 0.2) is 0 Å². The van der Waals surface area contributed by atoms with Crippen LogP contribution < -0.4 is 5.43 Å². The van der Waals surface area contributed by atoms with Crippen molar-refractivity contribution in [3.63, 3.8) is 0 Å². The van der Waals surface area contributed by atoms with Crippen LogP contribution in [0.1, 0.15) is 11.5 Å². The Bertz CT molecular complexity index is 838. The third-order valence-electron chi connectivity index (χ3n) is 3.12. The zero-order chi connectivity index (χ0) is 16.2. The zero-order valence-corrected chi connectivity index (χ0v) is 12.2. The first-order valence-electron chi connectivity index (χ1n) is 6.79. The Kier molecular flexibility index (Phi) is 3.88. The van der Waals surface area contributed by atoms with Gasteiger partial charge >= 0.3 is 5.69 Å². The fraction of sp³-hybridized carbons (Fsp3) is 0.0667. The van der Waals surface area contributed by atoms with Gasteiger partial charge in [-0.05, 0) is 31.2 Å². The van der Waals surface area contributed by atoms with Crippen LogP contribution in [0.25, 0.3) is 5.69 Å². The Morgan fingerprint density at radius 2 is 2.09 bits per heavy atom. The highest BCUT2D eigenvalue weighted by molar-refractivity contribution is 5.77. The van der Waals surface area contributed by atoms with Gasteiger partial charge in [-0.3, -0.25) is 15.5 Å². The maximum Gasteiger partial charge on any atom is 0.335 e. The predicted octanol–water partition coefficient (Wildman–Crippen LogP) is 3.13. The van der Waals surface area contributed by atoms with E-state index < -0.39 is 4.92 Å². The summed E-state index contributed by atoms with van der Waals surface area (Å²) in [5, 5.41) is 19.5. The highest BCUT2D eigenvalue weighted by atomic mass is 16.6. The Hall–Kier alpha value is -3.42. The summed E-state index contributed by atoms with van der Waals surface area (Å²) in [6.07, 6.45) is 2.95. The van der Waals surface area contributed by atoms with Gasteiger partial charge in [0.05, 0.1) is 23.1 Å². The molecule has 116 valence electrons. The molecular formula is C15H13N5O3. The van der Waals surface area contributed by atoms with E-state index in [0.29, 0.717) is 17.1 Å². The minimum absolute atomic E-state index is 0.120. The molecule has 3 rings (SSSR count). The van der Waals surface area contributed by atoms with Gasteiger partial charge in [-0.25, -0.2) is 4.68 Å². The number of benzene rings is 1. The van der Waals surface area contributed by atoms with Gasteiger partial charge < -0.3 is 4.42 Å². The van der Waals surface area contributed by atoms with Gasteiger partial charge in [0.2, 0.25) is 5.82 Å². The SMILES string of the molecule is Cc1nn(-c2ccccc2)c(N/N=C\c2ccco2)c1[N+](=O)[O-]. The lowest BCUT2D eigenvalue weighted by Crippen LogP contribution is -2.03. The Balaban J connectivity index is 2.00. The number of aromatic nitrogens is 2. The highest BCUT2D eigenvalue weighted by Crippen LogP contribution is 2.30. The van der Waals surface area contributed by atoms with Crippen molar-refractivity contribution in [2.75, 3.05) is 5.43 Å². The van der Waals surface area contributed by atoms with E-state index in [4.69, 9.17) is 4.42 Å². The average molecular weight is 311 g/mol. The van der Waals surface area contributed by atoms with Crippen LogP contribution in [0.3, 0.4) is 0 Å². The summed E-state index contributed by atoms with van der Waals surface area (Å²) >= 11 is 0. The van der Waals surface area contributed by atoms with E-state index >= 15 is 0 Å². The van der Waals surface area contributed by atoms with Crippen LogP contribution in [0.5, 0.6) is 0 Å². The molecule has 0 bridgehead atoms. The fourth-order valence-corrected chi connectivity index (χ4v) is 2.12. The van der Waals surface area contributed by atoms with Gasteiger partial charge in [-0.2, -0.15) is 10.2 Å². The molecule has 2 heterocycles. The van der Waals surface area contributed by atoms with Crippen molar-refractivity contribution in [3.05, 3.63) is 70.3 Å². The number of hydrogen-bond donors (Lipinski definition) is 1. The lowest BCUT2D eigenvalue weighted by Gasteiger charge is -2.05. The number of rotatable bonds is 5. The quantitative estimate of drug-likeness (QED) is 0.443. The molecule has 0 fully saturated rings. The molecule has 0 amide bonds. The number of aryl methyl sites for hydroxylation is 1. The van der Waals surface area contributed by atoms with Crippen molar-refractivity contribution in [1.29, 1.82) is 0 Å². The van der Waals surface area contributed by atoms with Crippen LogP contribution in [-0.4, -0.2) is 20.9 Å². The third-order valence-corrected chi connectivity index (χ3v) is 3.12. The Morgan fingerprint density at radius 1 is 1.30 bits per heavy atom. The molecule has 2 aromatic heterocycles. The second-order valence-electron chi connectivity index (χ2n) is 4.67. The van der Waals surface area contributed by atoms with Crippen LogP contribution in [0.15, 0.2) is 58.2 Å². The van der Waals surface area contributed by atoms with Gasteiger partial charge in [-0.1, -0.05) is 18.2 Å². The second kappa shape index (κ2) is 6.14. The maximum absolute atomic E-state index is 11.3. The van der Waals surface area contributed by atoms with Crippen molar-refractivity contribution in [2.45, 2.75) is 6.92 Å². The lowest BCUT2D eigenvalue weighted by atomic mass is 10.3. The number of hydrogen-bond acceptors (Lipinski definition) is 6.